The van der Waals surface area contributed by atoms with Gasteiger partial charge in [0.2, 0.25) is 0 Å². The average Bonchev–Trinajstić information content (AvgIpc) is 3.29. The van der Waals surface area contributed by atoms with Crippen molar-refractivity contribution in [3.8, 4) is 11.8 Å². The molecule has 4 aromatic rings. The Morgan fingerprint density at radius 3 is 2.49 bits per heavy atom. The quantitative estimate of drug-likeness (QED) is 0.415. The van der Waals surface area contributed by atoms with Crippen LogP contribution >= 0.6 is 0 Å². The summed E-state index contributed by atoms with van der Waals surface area (Å²) >= 11 is 0. The van der Waals surface area contributed by atoms with E-state index in [0.29, 0.717) is 21.7 Å². The van der Waals surface area contributed by atoms with Gasteiger partial charge in [0, 0.05) is 45.9 Å². The maximum atomic E-state index is 12.9. The van der Waals surface area contributed by atoms with E-state index in [1.807, 2.05) is 0 Å². The van der Waals surface area contributed by atoms with Gasteiger partial charge < -0.3 is 9.73 Å². The molecule has 2 amide bonds. The van der Waals surface area contributed by atoms with Gasteiger partial charge in [0.25, 0.3) is 11.8 Å². The predicted octanol–water partition coefficient (Wildman–Crippen LogP) is 4.93. The summed E-state index contributed by atoms with van der Waals surface area (Å²) in [7, 11) is -2.89. The second kappa shape index (κ2) is 10.2. The van der Waals surface area contributed by atoms with E-state index in [9.17, 15) is 13.8 Å². The third kappa shape index (κ3) is 5.91. The number of benzene rings is 2. The highest BCUT2D eigenvalue weighted by Crippen LogP contribution is 2.16. The molecule has 2 aromatic carbocycles. The van der Waals surface area contributed by atoms with Crippen LogP contribution in [0, 0.1) is 18.8 Å². The number of pyridine rings is 1. The van der Waals surface area contributed by atoms with Crippen molar-refractivity contribution in [3.63, 3.8) is 0 Å². The van der Waals surface area contributed by atoms with E-state index >= 15 is 0 Å². The van der Waals surface area contributed by atoms with E-state index in [-0.39, 0.29) is 17.2 Å². The summed E-state index contributed by atoms with van der Waals surface area (Å²) in [6.07, 6.45) is 5.78. The SMILES string of the molecule is Cc1ccoc1C(=O)Nc1cccc(C#Cc2cncc(C(=O)N=[S@@](C)(=O)c3ccccc3)c2)c1. The molecule has 0 fully saturated rings. The van der Waals surface area contributed by atoms with Gasteiger partial charge in [-0.05, 0) is 49.4 Å². The molecule has 1 N–H and O–H groups in total. The fraction of sp³-hybridized carbons (Fsp3) is 0.0741. The summed E-state index contributed by atoms with van der Waals surface area (Å²) in [4.78, 5) is 29.6. The molecule has 0 spiro atoms. The molecule has 1 atom stereocenters. The minimum atomic E-state index is -2.89. The van der Waals surface area contributed by atoms with Crippen LogP contribution in [0.3, 0.4) is 0 Å². The van der Waals surface area contributed by atoms with Crippen LogP contribution in [0.1, 0.15) is 37.6 Å². The first kappa shape index (κ1) is 23.7. The van der Waals surface area contributed by atoms with E-state index in [0.717, 1.165) is 5.56 Å². The fourth-order valence-electron chi connectivity index (χ4n) is 3.17. The van der Waals surface area contributed by atoms with Crippen molar-refractivity contribution in [1.82, 2.24) is 4.98 Å². The molecule has 8 heteroatoms. The van der Waals surface area contributed by atoms with Crippen molar-refractivity contribution in [1.29, 1.82) is 0 Å². The lowest BCUT2D eigenvalue weighted by Crippen LogP contribution is -2.12. The van der Waals surface area contributed by atoms with Gasteiger partial charge in [0.15, 0.2) is 5.76 Å². The van der Waals surface area contributed by atoms with Crippen molar-refractivity contribution in [2.75, 3.05) is 11.6 Å². The maximum absolute atomic E-state index is 12.9. The average molecular weight is 484 g/mol. The van der Waals surface area contributed by atoms with Crippen LogP contribution in [0.2, 0.25) is 0 Å². The van der Waals surface area contributed by atoms with Gasteiger partial charge in [-0.25, -0.2) is 4.21 Å². The number of anilines is 1. The van der Waals surface area contributed by atoms with Crippen molar-refractivity contribution in [2.45, 2.75) is 11.8 Å². The van der Waals surface area contributed by atoms with Gasteiger partial charge in [-0.2, -0.15) is 4.36 Å². The Labute approximate surface area is 203 Å². The van der Waals surface area contributed by atoms with Crippen molar-refractivity contribution < 1.29 is 18.2 Å². The third-order valence-corrected chi connectivity index (χ3v) is 6.62. The Kier molecular flexibility index (Phi) is 6.90. The smallest absolute Gasteiger partial charge is 0.291 e. The summed E-state index contributed by atoms with van der Waals surface area (Å²) < 4.78 is 22.0. The van der Waals surface area contributed by atoms with Gasteiger partial charge in [0.05, 0.1) is 21.6 Å². The first-order valence-corrected chi connectivity index (χ1v) is 12.5. The monoisotopic (exact) mass is 483 g/mol. The molecule has 0 aliphatic heterocycles. The molecule has 0 saturated carbocycles. The summed E-state index contributed by atoms with van der Waals surface area (Å²) in [5.41, 5.74) is 2.65. The molecule has 174 valence electrons. The van der Waals surface area contributed by atoms with E-state index in [4.69, 9.17) is 4.42 Å². The standard InChI is InChI=1S/C27H21N3O4S/c1-19-13-14-34-25(19)27(32)29-23-8-6-7-20(16-23)11-12-21-15-22(18-28-17-21)26(31)30-35(2,33)24-9-4-3-5-10-24/h3-10,13-18H,1-2H3,(H,29,32)/t35-/m0/s1. The summed E-state index contributed by atoms with van der Waals surface area (Å²) in [5, 5.41) is 2.79. The number of rotatable bonds is 4. The Bertz CT molecular complexity index is 1590. The number of nitrogens with one attached hydrogen (secondary N) is 1. The number of carbonyl (C=O) groups excluding carboxylic acids is 2. The minimum absolute atomic E-state index is 0.192. The fourth-order valence-corrected chi connectivity index (χ4v) is 4.36. The van der Waals surface area contributed by atoms with E-state index < -0.39 is 15.6 Å². The van der Waals surface area contributed by atoms with Gasteiger partial charge in [-0.1, -0.05) is 36.1 Å². The zero-order valence-corrected chi connectivity index (χ0v) is 19.8. The number of carbonyl (C=O) groups is 2. The van der Waals surface area contributed by atoms with Crippen LogP contribution in [-0.2, 0) is 9.73 Å². The molecular weight excluding hydrogens is 462 g/mol. The second-order valence-electron chi connectivity index (χ2n) is 7.69. The molecule has 0 unspecified atom stereocenters. The van der Waals surface area contributed by atoms with Gasteiger partial charge >= 0.3 is 0 Å². The number of nitrogens with zero attached hydrogens (tertiary/aromatic N) is 2. The van der Waals surface area contributed by atoms with Crippen molar-refractivity contribution in [2.24, 2.45) is 4.36 Å². The molecule has 7 nitrogen and oxygen atoms in total. The first-order chi connectivity index (χ1) is 16.8. The lowest BCUT2D eigenvalue weighted by atomic mass is 10.1. The van der Waals surface area contributed by atoms with Crippen LogP contribution in [0.15, 0.2) is 99.1 Å². The number of aryl methyl sites for hydroxylation is 1. The van der Waals surface area contributed by atoms with E-state index in [1.165, 1.54) is 24.9 Å². The maximum Gasteiger partial charge on any atom is 0.291 e. The largest absolute Gasteiger partial charge is 0.459 e. The molecule has 0 bridgehead atoms. The molecule has 4 rings (SSSR count). The Balaban J connectivity index is 1.52. The Morgan fingerprint density at radius 2 is 1.74 bits per heavy atom. The van der Waals surface area contributed by atoms with Crippen LogP contribution in [-0.4, -0.2) is 27.3 Å². The summed E-state index contributed by atoms with van der Waals surface area (Å²) in [6.45, 7) is 1.79. The van der Waals surface area contributed by atoms with Crippen molar-refractivity contribution >= 4 is 27.2 Å². The number of hydrogen-bond donors (Lipinski definition) is 1. The first-order valence-electron chi connectivity index (χ1n) is 10.6. The van der Waals surface area contributed by atoms with Gasteiger partial charge in [-0.3, -0.25) is 14.6 Å². The predicted molar refractivity (Wildman–Crippen MR) is 134 cm³/mol. The van der Waals surface area contributed by atoms with E-state index in [1.54, 1.807) is 73.7 Å². The van der Waals surface area contributed by atoms with Crippen LogP contribution in [0.4, 0.5) is 5.69 Å². The lowest BCUT2D eigenvalue weighted by molar-refractivity contribution is 0.0991. The summed E-state index contributed by atoms with van der Waals surface area (Å²) in [6, 6.07) is 19.0. The third-order valence-electron chi connectivity index (χ3n) is 4.96. The van der Waals surface area contributed by atoms with Crippen LogP contribution in [0.25, 0.3) is 0 Å². The Hall–Kier alpha value is -4.48. The highest BCUT2D eigenvalue weighted by molar-refractivity contribution is 7.93. The van der Waals surface area contributed by atoms with Gasteiger partial charge in [0.1, 0.15) is 0 Å². The van der Waals surface area contributed by atoms with Crippen LogP contribution in [0.5, 0.6) is 0 Å². The minimum Gasteiger partial charge on any atom is -0.459 e. The topological polar surface area (TPSA) is 102 Å². The Morgan fingerprint density at radius 1 is 0.971 bits per heavy atom. The highest BCUT2D eigenvalue weighted by Gasteiger charge is 2.13. The lowest BCUT2D eigenvalue weighted by Gasteiger charge is -2.04. The molecule has 2 heterocycles. The number of amides is 2. The summed E-state index contributed by atoms with van der Waals surface area (Å²) in [5.74, 6) is 5.23. The number of furan rings is 1. The zero-order valence-electron chi connectivity index (χ0n) is 19.0. The normalized spacial score (nSPS) is 12.1. The molecule has 35 heavy (non-hydrogen) atoms. The molecule has 2 aromatic heterocycles. The molecular formula is C27H21N3O4S. The van der Waals surface area contributed by atoms with Crippen LogP contribution < -0.4 is 5.32 Å². The number of aromatic nitrogens is 1. The van der Waals surface area contributed by atoms with E-state index in [2.05, 4.69) is 26.5 Å². The zero-order chi connectivity index (χ0) is 24.8. The molecule has 0 saturated heterocycles. The molecule has 0 radical (unpaired) electrons. The van der Waals surface area contributed by atoms with Gasteiger partial charge in [-0.15, -0.1) is 0 Å². The van der Waals surface area contributed by atoms with Crippen molar-refractivity contribution in [3.05, 3.63) is 113 Å². The highest BCUT2D eigenvalue weighted by atomic mass is 32.2. The molecule has 0 aliphatic carbocycles. The number of hydrogen-bond acceptors (Lipinski definition) is 5. The molecule has 0 aliphatic rings. The second-order valence-corrected chi connectivity index (χ2v) is 9.95.